The van der Waals surface area contributed by atoms with Gasteiger partial charge in [-0.3, -0.25) is 4.79 Å². The predicted octanol–water partition coefficient (Wildman–Crippen LogP) is 4.42. The van der Waals surface area contributed by atoms with Gasteiger partial charge < -0.3 is 25.4 Å². The van der Waals surface area contributed by atoms with Crippen molar-refractivity contribution in [2.24, 2.45) is 5.92 Å². The maximum absolute atomic E-state index is 13.6. The maximum Gasteiger partial charge on any atom is 0.407 e. The number of amides is 2. The zero-order valence-electron chi connectivity index (χ0n) is 24.3. The molecular weight excluding hydrogens is 494 g/mol. The summed E-state index contributed by atoms with van der Waals surface area (Å²) in [6, 6.07) is 17.3. The highest BCUT2D eigenvalue weighted by Gasteiger charge is 2.33. The molecule has 0 unspecified atom stereocenters. The molecule has 0 heterocycles. The van der Waals surface area contributed by atoms with Crippen LogP contribution in [0, 0.1) is 5.92 Å². The first-order valence-corrected chi connectivity index (χ1v) is 13.6. The summed E-state index contributed by atoms with van der Waals surface area (Å²) in [5.41, 5.74) is 1.33. The topological polar surface area (TPSA) is 106 Å². The van der Waals surface area contributed by atoms with E-state index in [4.69, 9.17) is 9.47 Å². The number of carbonyl (C=O) groups is 3. The summed E-state index contributed by atoms with van der Waals surface area (Å²) in [5, 5.41) is 9.41. The van der Waals surface area contributed by atoms with Gasteiger partial charge in [-0.2, -0.15) is 0 Å². The molecule has 4 atom stereocenters. The first-order valence-electron chi connectivity index (χ1n) is 13.6. The van der Waals surface area contributed by atoms with Crippen molar-refractivity contribution in [3.05, 3.63) is 71.8 Å². The van der Waals surface area contributed by atoms with Crippen molar-refractivity contribution in [2.45, 2.75) is 90.6 Å². The molecule has 214 valence electrons. The first kappa shape index (κ1) is 31.8. The van der Waals surface area contributed by atoms with E-state index in [0.29, 0.717) is 19.3 Å². The van der Waals surface area contributed by atoms with Gasteiger partial charge in [-0.25, -0.2) is 9.59 Å². The summed E-state index contributed by atoms with van der Waals surface area (Å²) in [4.78, 5) is 38.9. The Morgan fingerprint density at radius 2 is 1.36 bits per heavy atom. The van der Waals surface area contributed by atoms with Crippen LogP contribution in [0.3, 0.4) is 0 Å². The molecule has 0 radical (unpaired) electrons. The minimum Gasteiger partial charge on any atom is -0.467 e. The minimum absolute atomic E-state index is 0.0898. The monoisotopic (exact) mass is 539 g/mol. The van der Waals surface area contributed by atoms with Crippen LogP contribution in [-0.4, -0.2) is 54.8 Å². The van der Waals surface area contributed by atoms with E-state index in [9.17, 15) is 14.4 Å². The van der Waals surface area contributed by atoms with Gasteiger partial charge >= 0.3 is 12.1 Å². The number of hydrogen-bond acceptors (Lipinski definition) is 6. The fraction of sp³-hybridized carbons (Fsp3) is 0.516. The highest BCUT2D eigenvalue weighted by atomic mass is 16.6. The summed E-state index contributed by atoms with van der Waals surface area (Å²) >= 11 is 0. The zero-order chi connectivity index (χ0) is 29.0. The third-order valence-corrected chi connectivity index (χ3v) is 6.35. The second-order valence-electron chi connectivity index (χ2n) is 11.1. The number of ether oxygens (including phenoxy) is 2. The third-order valence-electron chi connectivity index (χ3n) is 6.35. The number of esters is 1. The van der Waals surface area contributed by atoms with Crippen molar-refractivity contribution in [1.82, 2.24) is 16.0 Å². The second-order valence-corrected chi connectivity index (χ2v) is 11.1. The van der Waals surface area contributed by atoms with Gasteiger partial charge in [0.25, 0.3) is 0 Å². The smallest absolute Gasteiger partial charge is 0.407 e. The molecule has 2 rings (SSSR count). The highest BCUT2D eigenvalue weighted by Crippen LogP contribution is 2.15. The van der Waals surface area contributed by atoms with Crippen LogP contribution in [-0.2, 0) is 31.9 Å². The van der Waals surface area contributed by atoms with Crippen LogP contribution >= 0.6 is 0 Å². The van der Waals surface area contributed by atoms with Crippen LogP contribution < -0.4 is 16.0 Å². The summed E-state index contributed by atoms with van der Waals surface area (Å²) in [6.07, 6.45) is 1.01. The Morgan fingerprint density at radius 3 is 1.82 bits per heavy atom. The first-order chi connectivity index (χ1) is 18.4. The molecule has 2 amide bonds. The fourth-order valence-electron chi connectivity index (χ4n) is 4.39. The van der Waals surface area contributed by atoms with Crippen molar-refractivity contribution < 1.29 is 23.9 Å². The SMILES string of the molecule is CC[C@@H](N[C@H](C(=O)N[C@@H](Cc1ccccc1)C(=O)OC)C(C)C)[C@H](Cc1ccccc1)NC(=O)OC(C)(C)C. The molecule has 2 aromatic carbocycles. The van der Waals surface area contributed by atoms with E-state index in [1.807, 2.05) is 102 Å². The Hall–Kier alpha value is -3.39. The normalized spacial score (nSPS) is 14.6. The van der Waals surface area contributed by atoms with Gasteiger partial charge in [0, 0.05) is 12.5 Å². The van der Waals surface area contributed by atoms with Crippen molar-refractivity contribution in [3.63, 3.8) is 0 Å². The molecule has 3 N–H and O–H groups in total. The van der Waals surface area contributed by atoms with Gasteiger partial charge in [-0.15, -0.1) is 0 Å². The highest BCUT2D eigenvalue weighted by molar-refractivity contribution is 5.88. The van der Waals surface area contributed by atoms with E-state index < -0.39 is 29.7 Å². The van der Waals surface area contributed by atoms with Gasteiger partial charge in [0.15, 0.2) is 0 Å². The lowest BCUT2D eigenvalue weighted by Crippen LogP contribution is -2.60. The Labute approximate surface area is 233 Å². The molecule has 0 aliphatic carbocycles. The Balaban J connectivity index is 2.25. The minimum atomic E-state index is -0.826. The summed E-state index contributed by atoms with van der Waals surface area (Å²) in [6.45, 7) is 11.4. The number of alkyl carbamates (subject to hydrolysis) is 1. The van der Waals surface area contributed by atoms with Gasteiger partial charge in [-0.1, -0.05) is 81.4 Å². The molecule has 39 heavy (non-hydrogen) atoms. The van der Waals surface area contributed by atoms with E-state index in [1.165, 1.54) is 7.11 Å². The molecule has 0 aliphatic rings. The van der Waals surface area contributed by atoms with Crippen LogP contribution in [0.4, 0.5) is 4.79 Å². The zero-order valence-corrected chi connectivity index (χ0v) is 24.3. The summed E-state index contributed by atoms with van der Waals surface area (Å²) in [5.74, 6) is -0.895. The standard InChI is InChI=1S/C31H45N3O5/c1-8-24(25(19-22-15-11-9-12-16-22)34-30(37)39-31(4,5)6)32-27(21(2)3)28(35)33-26(29(36)38-7)20-23-17-13-10-14-18-23/h9-18,21,24-27,32H,8,19-20H2,1-7H3,(H,33,35)(H,34,37)/t24-,25+,26+,27+/m1/s1. The molecule has 8 heteroatoms. The van der Waals surface area contributed by atoms with E-state index >= 15 is 0 Å². The number of nitrogens with one attached hydrogen (secondary N) is 3. The molecule has 0 spiro atoms. The van der Waals surface area contributed by atoms with Crippen molar-refractivity contribution in [1.29, 1.82) is 0 Å². The van der Waals surface area contributed by atoms with Gasteiger partial charge in [-0.05, 0) is 50.7 Å². The largest absolute Gasteiger partial charge is 0.467 e. The molecule has 0 bridgehead atoms. The van der Waals surface area contributed by atoms with Crippen molar-refractivity contribution in [2.75, 3.05) is 7.11 Å². The van der Waals surface area contributed by atoms with Crippen LogP contribution in [0.2, 0.25) is 0 Å². The number of benzene rings is 2. The summed E-state index contributed by atoms with van der Waals surface area (Å²) in [7, 11) is 1.31. The number of rotatable bonds is 13. The van der Waals surface area contributed by atoms with Gasteiger partial charge in [0.2, 0.25) is 5.91 Å². The molecule has 2 aromatic rings. The van der Waals surface area contributed by atoms with Crippen LogP contribution in [0.1, 0.15) is 59.1 Å². The average molecular weight is 540 g/mol. The summed E-state index contributed by atoms with van der Waals surface area (Å²) < 4.78 is 10.5. The molecule has 0 saturated carbocycles. The van der Waals surface area contributed by atoms with Crippen LogP contribution in [0.25, 0.3) is 0 Å². The Bertz CT molecular complexity index is 1040. The van der Waals surface area contributed by atoms with Crippen molar-refractivity contribution >= 4 is 18.0 Å². The third kappa shape index (κ3) is 11.1. The number of carbonyl (C=O) groups excluding carboxylic acids is 3. The second kappa shape index (κ2) is 15.3. The molecular formula is C31H45N3O5. The molecule has 8 nitrogen and oxygen atoms in total. The lowest BCUT2D eigenvalue weighted by Gasteiger charge is -2.34. The predicted molar refractivity (Wildman–Crippen MR) is 153 cm³/mol. The number of hydrogen-bond donors (Lipinski definition) is 3. The fourth-order valence-corrected chi connectivity index (χ4v) is 4.39. The van der Waals surface area contributed by atoms with Gasteiger partial charge in [0.05, 0.1) is 19.2 Å². The lowest BCUT2D eigenvalue weighted by molar-refractivity contribution is -0.145. The maximum atomic E-state index is 13.6. The molecule has 0 saturated heterocycles. The van der Waals surface area contributed by atoms with E-state index in [0.717, 1.165) is 11.1 Å². The van der Waals surface area contributed by atoms with E-state index in [-0.39, 0.29) is 23.9 Å². The average Bonchev–Trinajstić information content (AvgIpc) is 2.88. The van der Waals surface area contributed by atoms with Crippen LogP contribution in [0.15, 0.2) is 60.7 Å². The molecule has 0 aliphatic heterocycles. The Morgan fingerprint density at radius 1 is 0.821 bits per heavy atom. The van der Waals surface area contributed by atoms with Crippen LogP contribution in [0.5, 0.6) is 0 Å². The molecule has 0 fully saturated rings. The Kier molecular flexibility index (Phi) is 12.5. The molecule has 0 aromatic heterocycles. The van der Waals surface area contributed by atoms with Crippen molar-refractivity contribution in [3.8, 4) is 0 Å². The quantitative estimate of drug-likeness (QED) is 0.326. The lowest BCUT2D eigenvalue weighted by atomic mass is 9.94. The van der Waals surface area contributed by atoms with E-state index in [2.05, 4.69) is 16.0 Å². The number of methoxy groups -OCH3 is 1. The van der Waals surface area contributed by atoms with E-state index in [1.54, 1.807) is 0 Å². The van der Waals surface area contributed by atoms with Gasteiger partial charge in [0.1, 0.15) is 11.6 Å².